The lowest BCUT2D eigenvalue weighted by atomic mass is 10.1. The molecule has 0 bridgehead atoms. The molecule has 1 aliphatic carbocycles. The summed E-state index contributed by atoms with van der Waals surface area (Å²) in [7, 11) is 0. The van der Waals surface area contributed by atoms with Crippen molar-refractivity contribution in [2.24, 2.45) is 0 Å². The smallest absolute Gasteiger partial charge is 0.303 e. The van der Waals surface area contributed by atoms with Gasteiger partial charge in [0, 0.05) is 19.3 Å². The molecule has 0 unspecified atom stereocenters. The summed E-state index contributed by atoms with van der Waals surface area (Å²) in [5.41, 5.74) is 0.624. The maximum absolute atomic E-state index is 11.4. The van der Waals surface area contributed by atoms with Gasteiger partial charge in [-0.15, -0.1) is 0 Å². The average Bonchev–Trinajstić information content (AvgIpc) is 2.52. The molecule has 1 aliphatic rings. The number of carboxylic acids is 1. The van der Waals surface area contributed by atoms with Crippen LogP contribution < -0.4 is 0 Å². The number of hydrogen-bond donors (Lipinski definition) is 2. The van der Waals surface area contributed by atoms with E-state index in [1.807, 2.05) is 6.08 Å². The van der Waals surface area contributed by atoms with Crippen LogP contribution in [0.2, 0.25) is 0 Å². The topological polar surface area (TPSA) is 74.6 Å². The summed E-state index contributed by atoms with van der Waals surface area (Å²) >= 11 is 3.34. The fraction of sp³-hybridized carbons (Fsp3) is 0.500. The van der Waals surface area contributed by atoms with Gasteiger partial charge in [-0.25, -0.2) is 0 Å². The Morgan fingerprint density at radius 2 is 2.29 bits per heavy atom. The molecule has 0 aromatic heterocycles. The Balaban J connectivity index is 2.36. The fourth-order valence-electron chi connectivity index (χ4n) is 1.63. The van der Waals surface area contributed by atoms with Gasteiger partial charge in [-0.2, -0.15) is 0 Å². The van der Waals surface area contributed by atoms with Gasteiger partial charge in [-0.1, -0.05) is 22.0 Å². The van der Waals surface area contributed by atoms with Crippen molar-refractivity contribution in [2.75, 3.05) is 0 Å². The minimum atomic E-state index is -0.800. The maximum atomic E-state index is 11.4. The van der Waals surface area contributed by atoms with Crippen LogP contribution >= 0.6 is 15.9 Å². The first-order valence-electron chi connectivity index (χ1n) is 5.47. The molecule has 0 spiro atoms. The van der Waals surface area contributed by atoms with E-state index in [1.165, 1.54) is 0 Å². The van der Waals surface area contributed by atoms with Crippen LogP contribution in [0, 0.1) is 0 Å². The Morgan fingerprint density at radius 3 is 2.82 bits per heavy atom. The minimum absolute atomic E-state index is 0.0200. The summed E-state index contributed by atoms with van der Waals surface area (Å²) in [4.78, 5) is 21.7. The van der Waals surface area contributed by atoms with E-state index >= 15 is 0 Å². The number of carbonyl (C=O) groups is 2. The van der Waals surface area contributed by atoms with Crippen LogP contribution in [0.15, 0.2) is 22.2 Å². The van der Waals surface area contributed by atoms with Crippen LogP contribution in [0.4, 0.5) is 0 Å². The van der Waals surface area contributed by atoms with Crippen molar-refractivity contribution in [3.05, 3.63) is 22.2 Å². The van der Waals surface area contributed by atoms with Crippen molar-refractivity contribution in [1.29, 1.82) is 0 Å². The van der Waals surface area contributed by atoms with E-state index in [1.54, 1.807) is 6.08 Å². The molecule has 0 saturated heterocycles. The van der Waals surface area contributed by atoms with Gasteiger partial charge in [-0.3, -0.25) is 9.59 Å². The molecule has 0 aromatic carbocycles. The van der Waals surface area contributed by atoms with E-state index in [9.17, 15) is 14.7 Å². The molecule has 94 valence electrons. The number of rotatable bonds is 6. The van der Waals surface area contributed by atoms with Gasteiger partial charge in [0.05, 0.1) is 6.10 Å². The lowest BCUT2D eigenvalue weighted by Gasteiger charge is -1.99. The summed E-state index contributed by atoms with van der Waals surface area (Å²) < 4.78 is 0.858. The summed E-state index contributed by atoms with van der Waals surface area (Å²) in [6.45, 7) is 0. The van der Waals surface area contributed by atoms with Crippen molar-refractivity contribution < 1.29 is 19.8 Å². The van der Waals surface area contributed by atoms with E-state index in [0.29, 0.717) is 24.8 Å². The largest absolute Gasteiger partial charge is 0.481 e. The first-order valence-corrected chi connectivity index (χ1v) is 6.26. The normalized spacial score (nSPS) is 20.6. The molecule has 17 heavy (non-hydrogen) atoms. The van der Waals surface area contributed by atoms with Crippen molar-refractivity contribution in [2.45, 2.75) is 38.2 Å². The third-order valence-electron chi connectivity index (χ3n) is 2.47. The van der Waals surface area contributed by atoms with Crippen LogP contribution in [0.25, 0.3) is 0 Å². The molecule has 1 rings (SSSR count). The van der Waals surface area contributed by atoms with Crippen molar-refractivity contribution in [3.63, 3.8) is 0 Å². The number of halogens is 1. The SMILES string of the molecule is O=C(O)CCC/C=C(\Br)CC1=C[C@H](O)CC1=O. The lowest BCUT2D eigenvalue weighted by Crippen LogP contribution is -2.01. The van der Waals surface area contributed by atoms with E-state index < -0.39 is 12.1 Å². The predicted octanol–water partition coefficient (Wildman–Crippen LogP) is 2.17. The number of aliphatic carboxylic acids is 1. The number of carboxylic acid groups (broad SMARTS) is 1. The molecular formula is C12H15BrO4. The van der Waals surface area contributed by atoms with Gasteiger partial charge in [0.25, 0.3) is 0 Å². The van der Waals surface area contributed by atoms with Crippen molar-refractivity contribution >= 4 is 27.7 Å². The zero-order valence-corrected chi connectivity index (χ0v) is 10.9. The summed E-state index contributed by atoms with van der Waals surface area (Å²) in [6, 6.07) is 0. The highest BCUT2D eigenvalue weighted by Crippen LogP contribution is 2.24. The van der Waals surface area contributed by atoms with Crippen LogP contribution in [-0.4, -0.2) is 28.1 Å². The molecule has 4 nitrogen and oxygen atoms in total. The first kappa shape index (κ1) is 14.1. The standard InChI is InChI=1S/C12H15BrO4/c13-9(3-1-2-4-12(16)17)5-8-6-10(14)7-11(8)15/h3,6,10,14H,1-2,4-5,7H2,(H,16,17)/b9-3-/t10-/m0/s1. The van der Waals surface area contributed by atoms with Gasteiger partial charge in [0.1, 0.15) is 0 Å². The number of aliphatic hydroxyl groups is 1. The highest BCUT2D eigenvalue weighted by molar-refractivity contribution is 9.11. The number of allylic oxidation sites excluding steroid dienone is 3. The second-order valence-electron chi connectivity index (χ2n) is 4.00. The maximum Gasteiger partial charge on any atom is 0.303 e. The number of Topliss-reactive ketones (excluding diaryl/α,β-unsaturated/α-hetero) is 1. The van der Waals surface area contributed by atoms with Crippen LogP contribution in [-0.2, 0) is 9.59 Å². The Bertz CT molecular complexity index is 371. The zero-order valence-electron chi connectivity index (χ0n) is 9.36. The molecule has 0 fully saturated rings. The molecule has 0 aliphatic heterocycles. The van der Waals surface area contributed by atoms with Crippen LogP contribution in [0.5, 0.6) is 0 Å². The second-order valence-corrected chi connectivity index (χ2v) is 5.02. The minimum Gasteiger partial charge on any atom is -0.481 e. The molecule has 1 atom stereocenters. The quantitative estimate of drug-likeness (QED) is 0.737. The predicted molar refractivity (Wildman–Crippen MR) is 66.8 cm³/mol. The molecule has 0 saturated carbocycles. The van der Waals surface area contributed by atoms with E-state index in [2.05, 4.69) is 15.9 Å². The van der Waals surface area contributed by atoms with Gasteiger partial charge in [0.2, 0.25) is 0 Å². The third-order valence-corrected chi connectivity index (χ3v) is 3.07. The Morgan fingerprint density at radius 1 is 1.59 bits per heavy atom. The molecule has 0 aromatic rings. The Labute approximate surface area is 108 Å². The van der Waals surface area contributed by atoms with E-state index in [4.69, 9.17) is 5.11 Å². The van der Waals surface area contributed by atoms with Gasteiger partial charge in [-0.05, 0) is 29.0 Å². The third kappa shape index (κ3) is 5.28. The van der Waals surface area contributed by atoms with Gasteiger partial charge >= 0.3 is 5.97 Å². The van der Waals surface area contributed by atoms with Crippen LogP contribution in [0.1, 0.15) is 32.1 Å². The summed E-state index contributed by atoms with van der Waals surface area (Å²) in [5.74, 6) is -0.820. The van der Waals surface area contributed by atoms with Gasteiger partial charge in [0.15, 0.2) is 5.78 Å². The second kappa shape index (κ2) is 6.71. The van der Waals surface area contributed by atoms with E-state index in [-0.39, 0.29) is 18.6 Å². The molecular weight excluding hydrogens is 288 g/mol. The molecule has 0 heterocycles. The number of unbranched alkanes of at least 4 members (excludes halogenated alkanes) is 1. The lowest BCUT2D eigenvalue weighted by molar-refractivity contribution is -0.137. The molecule has 0 radical (unpaired) electrons. The fourth-order valence-corrected chi connectivity index (χ4v) is 2.16. The summed E-state index contributed by atoms with van der Waals surface area (Å²) in [5, 5.41) is 17.7. The average molecular weight is 303 g/mol. The number of aliphatic hydroxyl groups excluding tert-OH is 1. The first-order chi connectivity index (χ1) is 7.99. The molecule has 0 amide bonds. The highest BCUT2D eigenvalue weighted by atomic mass is 79.9. The van der Waals surface area contributed by atoms with Crippen LogP contribution in [0.3, 0.4) is 0 Å². The monoisotopic (exact) mass is 302 g/mol. The highest BCUT2D eigenvalue weighted by Gasteiger charge is 2.21. The van der Waals surface area contributed by atoms with E-state index in [0.717, 1.165) is 4.48 Å². The number of carbonyl (C=O) groups excluding carboxylic acids is 1. The number of hydrogen-bond acceptors (Lipinski definition) is 3. The number of ketones is 1. The molecule has 5 heteroatoms. The van der Waals surface area contributed by atoms with Crippen molar-refractivity contribution in [3.8, 4) is 0 Å². The van der Waals surface area contributed by atoms with Gasteiger partial charge < -0.3 is 10.2 Å². The molecule has 2 N–H and O–H groups in total. The zero-order chi connectivity index (χ0) is 12.8. The Kier molecular flexibility index (Phi) is 5.58. The van der Waals surface area contributed by atoms with Crippen molar-refractivity contribution in [1.82, 2.24) is 0 Å². The summed E-state index contributed by atoms with van der Waals surface area (Å²) in [6.07, 6.45) is 4.85. The Hall–Kier alpha value is -0.940.